The largest absolute Gasteiger partial charge is 0.366 e. The highest BCUT2D eigenvalue weighted by molar-refractivity contribution is 7.14. The van der Waals surface area contributed by atoms with Gasteiger partial charge >= 0.3 is 0 Å². The summed E-state index contributed by atoms with van der Waals surface area (Å²) >= 11 is 1.31. The number of aryl methyl sites for hydroxylation is 1. The number of piperazine rings is 1. The molecule has 0 bridgehead atoms. The second kappa shape index (κ2) is 8.44. The van der Waals surface area contributed by atoms with Gasteiger partial charge in [-0.3, -0.25) is 19.4 Å². The van der Waals surface area contributed by atoms with Crippen molar-refractivity contribution in [2.24, 2.45) is 5.73 Å². The van der Waals surface area contributed by atoms with Crippen molar-refractivity contribution in [2.75, 3.05) is 38.0 Å². The molecule has 3 rings (SSSR count). The molecule has 1 aromatic heterocycles. The molecule has 1 fully saturated rings. The SMILES string of the molecule is Cc1cccc(CN2CCN(CC(=O)Nc3sccc3C(N)=O)CC2)c1. The molecule has 0 atom stereocenters. The summed E-state index contributed by atoms with van der Waals surface area (Å²) in [5.41, 5.74) is 8.28. The van der Waals surface area contributed by atoms with Crippen molar-refractivity contribution >= 4 is 28.2 Å². The maximum atomic E-state index is 12.3. The topological polar surface area (TPSA) is 78.7 Å². The summed E-state index contributed by atoms with van der Waals surface area (Å²) in [5.74, 6) is -0.631. The molecule has 1 aliphatic rings. The van der Waals surface area contributed by atoms with Gasteiger partial charge in [-0.1, -0.05) is 29.8 Å². The Kier molecular flexibility index (Phi) is 6.03. The van der Waals surface area contributed by atoms with Crippen LogP contribution in [0.1, 0.15) is 21.5 Å². The molecule has 0 spiro atoms. The molecule has 2 heterocycles. The summed E-state index contributed by atoms with van der Waals surface area (Å²) < 4.78 is 0. The van der Waals surface area contributed by atoms with E-state index in [1.54, 1.807) is 11.4 Å². The minimum atomic E-state index is -0.522. The van der Waals surface area contributed by atoms with E-state index in [9.17, 15) is 9.59 Å². The number of benzene rings is 1. The Morgan fingerprint density at radius 1 is 1.15 bits per heavy atom. The van der Waals surface area contributed by atoms with Crippen molar-refractivity contribution in [1.82, 2.24) is 9.80 Å². The molecule has 138 valence electrons. The average molecular weight is 372 g/mol. The summed E-state index contributed by atoms with van der Waals surface area (Å²) in [5, 5.41) is 5.08. The van der Waals surface area contributed by atoms with E-state index in [1.165, 1.54) is 22.5 Å². The van der Waals surface area contributed by atoms with Crippen molar-refractivity contribution < 1.29 is 9.59 Å². The number of carbonyl (C=O) groups excluding carboxylic acids is 2. The van der Waals surface area contributed by atoms with Crippen molar-refractivity contribution in [2.45, 2.75) is 13.5 Å². The molecule has 3 N–H and O–H groups in total. The number of nitrogens with one attached hydrogen (secondary N) is 1. The number of thiophene rings is 1. The summed E-state index contributed by atoms with van der Waals surface area (Å²) in [6.07, 6.45) is 0. The van der Waals surface area contributed by atoms with Crippen LogP contribution in [0.5, 0.6) is 0 Å². The van der Waals surface area contributed by atoms with Crippen LogP contribution in [0, 0.1) is 6.92 Å². The van der Waals surface area contributed by atoms with Crippen LogP contribution in [0.2, 0.25) is 0 Å². The number of amides is 2. The first-order valence-corrected chi connectivity index (χ1v) is 9.56. The maximum Gasteiger partial charge on any atom is 0.251 e. The standard InChI is InChI=1S/C19H24N4O2S/c1-14-3-2-4-15(11-14)12-22-6-8-23(9-7-22)13-17(24)21-19-16(18(20)25)5-10-26-19/h2-5,10-11H,6-9,12-13H2,1H3,(H2,20,25)(H,21,24). The molecule has 2 aromatic rings. The number of hydrogen-bond donors (Lipinski definition) is 2. The average Bonchev–Trinajstić information content (AvgIpc) is 3.05. The van der Waals surface area contributed by atoms with E-state index in [-0.39, 0.29) is 5.91 Å². The summed E-state index contributed by atoms with van der Waals surface area (Å²) in [6, 6.07) is 10.2. The van der Waals surface area contributed by atoms with Gasteiger partial charge in [0.25, 0.3) is 5.91 Å². The van der Waals surface area contributed by atoms with Gasteiger partial charge < -0.3 is 11.1 Å². The molecule has 6 nitrogen and oxygen atoms in total. The third-order valence-corrected chi connectivity index (χ3v) is 5.33. The molecule has 26 heavy (non-hydrogen) atoms. The Bertz CT molecular complexity index is 781. The van der Waals surface area contributed by atoms with Crippen LogP contribution in [0.3, 0.4) is 0 Å². The van der Waals surface area contributed by atoms with Gasteiger partial charge in [-0.05, 0) is 23.9 Å². The fourth-order valence-electron chi connectivity index (χ4n) is 3.14. The molecule has 0 unspecified atom stereocenters. The zero-order chi connectivity index (χ0) is 18.5. The van der Waals surface area contributed by atoms with Crippen LogP contribution < -0.4 is 11.1 Å². The van der Waals surface area contributed by atoms with Gasteiger partial charge in [-0.25, -0.2) is 0 Å². The second-order valence-corrected chi connectivity index (χ2v) is 7.53. The van der Waals surface area contributed by atoms with Crippen LogP contribution in [0.25, 0.3) is 0 Å². The van der Waals surface area contributed by atoms with Crippen LogP contribution >= 0.6 is 11.3 Å². The highest BCUT2D eigenvalue weighted by Gasteiger charge is 2.20. The number of carbonyl (C=O) groups is 2. The van der Waals surface area contributed by atoms with Crippen molar-refractivity contribution in [1.29, 1.82) is 0 Å². The predicted molar refractivity (Wildman–Crippen MR) is 104 cm³/mol. The first kappa shape index (κ1) is 18.6. The Labute approximate surface area is 157 Å². The van der Waals surface area contributed by atoms with E-state index >= 15 is 0 Å². The second-order valence-electron chi connectivity index (χ2n) is 6.62. The number of primary amides is 1. The first-order chi connectivity index (χ1) is 12.5. The smallest absolute Gasteiger partial charge is 0.251 e. The highest BCUT2D eigenvalue weighted by atomic mass is 32.1. The van der Waals surface area contributed by atoms with Gasteiger partial charge in [0.2, 0.25) is 5.91 Å². The third kappa shape index (κ3) is 4.91. The van der Waals surface area contributed by atoms with Crippen LogP contribution in [-0.2, 0) is 11.3 Å². The molecule has 1 aromatic carbocycles. The van der Waals surface area contributed by atoms with E-state index in [0.29, 0.717) is 17.1 Å². The van der Waals surface area contributed by atoms with Crippen LogP contribution in [0.4, 0.5) is 5.00 Å². The number of rotatable bonds is 6. The van der Waals surface area contributed by atoms with Gasteiger partial charge in [0.15, 0.2) is 0 Å². The van der Waals surface area contributed by atoms with E-state index in [0.717, 1.165) is 32.7 Å². The normalized spacial score (nSPS) is 15.7. The minimum absolute atomic E-state index is 0.109. The minimum Gasteiger partial charge on any atom is -0.366 e. The molecule has 2 amide bonds. The Balaban J connectivity index is 1.45. The fourth-order valence-corrected chi connectivity index (χ4v) is 3.95. The predicted octanol–water partition coefficient (Wildman–Crippen LogP) is 1.91. The van der Waals surface area contributed by atoms with Gasteiger partial charge in [0.1, 0.15) is 5.00 Å². The molecule has 0 aliphatic carbocycles. The van der Waals surface area contributed by atoms with Crippen LogP contribution in [0.15, 0.2) is 35.7 Å². The highest BCUT2D eigenvalue weighted by Crippen LogP contribution is 2.22. The lowest BCUT2D eigenvalue weighted by atomic mass is 10.1. The maximum absolute atomic E-state index is 12.3. The zero-order valence-corrected chi connectivity index (χ0v) is 15.7. The van der Waals surface area contributed by atoms with E-state index in [4.69, 9.17) is 5.73 Å². The van der Waals surface area contributed by atoms with Crippen molar-refractivity contribution in [3.8, 4) is 0 Å². The van der Waals surface area contributed by atoms with Crippen LogP contribution in [-0.4, -0.2) is 54.3 Å². The molecular weight excluding hydrogens is 348 g/mol. The molecule has 1 saturated heterocycles. The van der Waals surface area contributed by atoms with E-state index in [2.05, 4.69) is 46.3 Å². The fraction of sp³-hybridized carbons (Fsp3) is 0.368. The van der Waals surface area contributed by atoms with E-state index < -0.39 is 5.91 Å². The zero-order valence-electron chi connectivity index (χ0n) is 14.9. The quantitative estimate of drug-likeness (QED) is 0.812. The number of anilines is 1. The monoisotopic (exact) mass is 372 g/mol. The van der Waals surface area contributed by atoms with Gasteiger partial charge in [0, 0.05) is 32.7 Å². The van der Waals surface area contributed by atoms with E-state index in [1.807, 2.05) is 0 Å². The lowest BCUT2D eigenvalue weighted by Crippen LogP contribution is -2.48. The molecular formula is C19H24N4O2S. The number of nitrogens with two attached hydrogens (primary N) is 1. The Morgan fingerprint density at radius 3 is 2.58 bits per heavy atom. The first-order valence-electron chi connectivity index (χ1n) is 8.68. The molecule has 0 saturated carbocycles. The Hall–Kier alpha value is -2.22. The van der Waals surface area contributed by atoms with Gasteiger partial charge in [0.05, 0.1) is 12.1 Å². The van der Waals surface area contributed by atoms with Gasteiger partial charge in [-0.2, -0.15) is 0 Å². The summed E-state index contributed by atoms with van der Waals surface area (Å²) in [4.78, 5) is 28.1. The number of hydrogen-bond acceptors (Lipinski definition) is 5. The van der Waals surface area contributed by atoms with Gasteiger partial charge in [-0.15, -0.1) is 11.3 Å². The molecule has 1 aliphatic heterocycles. The van der Waals surface area contributed by atoms with Crippen molar-refractivity contribution in [3.63, 3.8) is 0 Å². The number of nitrogens with zero attached hydrogens (tertiary/aromatic N) is 2. The molecule has 0 radical (unpaired) electrons. The summed E-state index contributed by atoms with van der Waals surface area (Å²) in [6.45, 7) is 6.96. The lowest BCUT2D eigenvalue weighted by molar-refractivity contribution is -0.117. The molecule has 7 heteroatoms. The Morgan fingerprint density at radius 2 is 1.88 bits per heavy atom. The summed E-state index contributed by atoms with van der Waals surface area (Å²) in [7, 11) is 0. The lowest BCUT2D eigenvalue weighted by Gasteiger charge is -2.34. The third-order valence-electron chi connectivity index (χ3n) is 4.50. The van der Waals surface area contributed by atoms with Crippen molar-refractivity contribution in [3.05, 3.63) is 52.4 Å².